The molecule has 0 heterocycles. The minimum absolute atomic E-state index is 0.408. The molecular formula is C14H15NO2S. The van der Waals surface area contributed by atoms with Crippen LogP contribution in [0.4, 0.5) is 5.69 Å². The van der Waals surface area contributed by atoms with Gasteiger partial charge >= 0.3 is 0 Å². The first-order valence-electron chi connectivity index (χ1n) is 5.68. The number of anilines is 1. The second-order valence-corrected chi connectivity index (χ2v) is 5.29. The Morgan fingerprint density at radius 1 is 1.00 bits per heavy atom. The standard InChI is InChI=1S/C14H15NO2S/c15-13-8-4-5-9-14(13)18(16)11-10-17-12-6-2-1-3-7-12/h1-9H,10-11,15H2. The molecule has 2 N–H and O–H groups in total. The van der Waals surface area contributed by atoms with Crippen molar-refractivity contribution >= 4 is 16.5 Å². The predicted molar refractivity (Wildman–Crippen MR) is 74.1 cm³/mol. The van der Waals surface area contributed by atoms with Gasteiger partial charge in [-0.1, -0.05) is 30.3 Å². The third kappa shape index (κ3) is 3.34. The molecule has 0 bridgehead atoms. The van der Waals surface area contributed by atoms with Crippen molar-refractivity contribution in [2.75, 3.05) is 18.1 Å². The average Bonchev–Trinajstić information content (AvgIpc) is 2.40. The summed E-state index contributed by atoms with van der Waals surface area (Å²) in [6.07, 6.45) is 0. The Morgan fingerprint density at radius 2 is 1.67 bits per heavy atom. The lowest BCUT2D eigenvalue weighted by Gasteiger charge is -2.07. The van der Waals surface area contributed by atoms with Crippen LogP contribution in [0.1, 0.15) is 0 Å². The summed E-state index contributed by atoms with van der Waals surface area (Å²) >= 11 is 0. The van der Waals surface area contributed by atoms with Crippen LogP contribution < -0.4 is 10.5 Å². The molecule has 0 aromatic heterocycles. The lowest BCUT2D eigenvalue weighted by molar-refractivity contribution is 0.342. The molecule has 3 nitrogen and oxygen atoms in total. The molecule has 1 unspecified atom stereocenters. The quantitative estimate of drug-likeness (QED) is 0.841. The normalized spacial score (nSPS) is 12.0. The monoisotopic (exact) mass is 261 g/mol. The van der Waals surface area contributed by atoms with E-state index in [1.165, 1.54) is 0 Å². The molecule has 0 aliphatic rings. The lowest BCUT2D eigenvalue weighted by atomic mass is 10.3. The van der Waals surface area contributed by atoms with Gasteiger partial charge in [0.1, 0.15) is 12.4 Å². The van der Waals surface area contributed by atoms with Crippen LogP contribution in [0, 0.1) is 0 Å². The number of benzene rings is 2. The van der Waals surface area contributed by atoms with E-state index in [-0.39, 0.29) is 0 Å². The van der Waals surface area contributed by atoms with Gasteiger partial charge in [-0.15, -0.1) is 0 Å². The number of para-hydroxylation sites is 2. The molecule has 0 saturated carbocycles. The fourth-order valence-electron chi connectivity index (χ4n) is 1.55. The predicted octanol–water partition coefficient (Wildman–Crippen LogP) is 2.46. The molecule has 18 heavy (non-hydrogen) atoms. The molecule has 2 rings (SSSR count). The number of ether oxygens (including phenoxy) is 1. The summed E-state index contributed by atoms with van der Waals surface area (Å²) in [5.74, 6) is 1.22. The Bertz CT molecular complexity index is 528. The molecule has 0 spiro atoms. The Kier molecular flexibility index (Phi) is 4.36. The molecule has 0 fully saturated rings. The van der Waals surface area contributed by atoms with Crippen molar-refractivity contribution in [2.45, 2.75) is 4.90 Å². The minimum Gasteiger partial charge on any atom is -0.493 e. The van der Waals surface area contributed by atoms with E-state index in [4.69, 9.17) is 10.5 Å². The topological polar surface area (TPSA) is 52.3 Å². The molecule has 0 radical (unpaired) electrons. The van der Waals surface area contributed by atoms with Gasteiger partial charge < -0.3 is 10.5 Å². The largest absolute Gasteiger partial charge is 0.493 e. The van der Waals surface area contributed by atoms with Gasteiger partial charge in [-0.3, -0.25) is 4.21 Å². The number of nitrogens with two attached hydrogens (primary N) is 1. The molecule has 1 atom stereocenters. The molecule has 4 heteroatoms. The molecular weight excluding hydrogens is 246 g/mol. The first-order chi connectivity index (χ1) is 8.77. The summed E-state index contributed by atoms with van der Waals surface area (Å²) in [6, 6.07) is 16.7. The van der Waals surface area contributed by atoms with E-state index >= 15 is 0 Å². The molecule has 94 valence electrons. The van der Waals surface area contributed by atoms with Gasteiger partial charge in [0.25, 0.3) is 0 Å². The fourth-order valence-corrected chi connectivity index (χ4v) is 2.57. The highest BCUT2D eigenvalue weighted by molar-refractivity contribution is 7.85. The van der Waals surface area contributed by atoms with Gasteiger partial charge in [0.2, 0.25) is 0 Å². The van der Waals surface area contributed by atoms with Crippen LogP contribution >= 0.6 is 0 Å². The number of rotatable bonds is 5. The Hall–Kier alpha value is -1.81. The third-order valence-corrected chi connectivity index (χ3v) is 3.84. The summed E-state index contributed by atoms with van der Waals surface area (Å²) in [4.78, 5) is 0.675. The lowest BCUT2D eigenvalue weighted by Crippen LogP contribution is -2.10. The van der Waals surface area contributed by atoms with E-state index in [1.54, 1.807) is 12.1 Å². The van der Waals surface area contributed by atoms with Crippen LogP contribution in [-0.4, -0.2) is 16.6 Å². The van der Waals surface area contributed by atoms with E-state index in [0.29, 0.717) is 22.9 Å². The van der Waals surface area contributed by atoms with E-state index < -0.39 is 10.8 Å². The SMILES string of the molecule is Nc1ccccc1S(=O)CCOc1ccccc1. The molecule has 0 aliphatic carbocycles. The van der Waals surface area contributed by atoms with Crippen molar-refractivity contribution in [3.8, 4) is 5.75 Å². The second-order valence-electron chi connectivity index (χ2n) is 3.75. The Labute approximate surface area is 109 Å². The maximum atomic E-state index is 12.0. The van der Waals surface area contributed by atoms with Crippen molar-refractivity contribution in [2.24, 2.45) is 0 Å². The second kappa shape index (κ2) is 6.21. The number of nitrogen functional groups attached to an aromatic ring is 1. The van der Waals surface area contributed by atoms with Crippen molar-refractivity contribution in [3.05, 3.63) is 54.6 Å². The molecule has 0 amide bonds. The van der Waals surface area contributed by atoms with Gasteiger partial charge in [-0.25, -0.2) is 0 Å². The third-order valence-electron chi connectivity index (χ3n) is 2.44. The highest BCUT2D eigenvalue weighted by Gasteiger charge is 2.07. The van der Waals surface area contributed by atoms with Crippen LogP contribution in [0.25, 0.3) is 0 Å². The zero-order valence-electron chi connectivity index (χ0n) is 9.91. The van der Waals surface area contributed by atoms with Crippen molar-refractivity contribution < 1.29 is 8.95 Å². The molecule has 2 aromatic carbocycles. The Morgan fingerprint density at radius 3 is 2.39 bits per heavy atom. The van der Waals surface area contributed by atoms with Gasteiger partial charge in [-0.2, -0.15) is 0 Å². The maximum absolute atomic E-state index is 12.0. The van der Waals surface area contributed by atoms with Crippen LogP contribution in [0.5, 0.6) is 5.75 Å². The van der Waals surface area contributed by atoms with Gasteiger partial charge in [-0.05, 0) is 24.3 Å². The highest BCUT2D eigenvalue weighted by atomic mass is 32.2. The van der Waals surface area contributed by atoms with E-state index in [2.05, 4.69) is 0 Å². The summed E-state index contributed by atoms with van der Waals surface area (Å²) in [5.41, 5.74) is 6.34. The average molecular weight is 261 g/mol. The number of hydrogen-bond donors (Lipinski definition) is 1. The summed E-state index contributed by atoms with van der Waals surface area (Å²) in [7, 11) is -1.12. The van der Waals surface area contributed by atoms with Crippen molar-refractivity contribution in [1.82, 2.24) is 0 Å². The maximum Gasteiger partial charge on any atom is 0.119 e. The zero-order chi connectivity index (χ0) is 12.8. The van der Waals surface area contributed by atoms with E-state index in [9.17, 15) is 4.21 Å². The summed E-state index contributed by atoms with van der Waals surface area (Å²) in [5, 5.41) is 0. The van der Waals surface area contributed by atoms with Gasteiger partial charge in [0.15, 0.2) is 0 Å². The van der Waals surface area contributed by atoms with Crippen LogP contribution in [0.3, 0.4) is 0 Å². The van der Waals surface area contributed by atoms with Crippen molar-refractivity contribution in [3.63, 3.8) is 0 Å². The van der Waals surface area contributed by atoms with Crippen molar-refractivity contribution in [1.29, 1.82) is 0 Å². The van der Waals surface area contributed by atoms with Gasteiger partial charge in [0, 0.05) is 5.69 Å². The zero-order valence-corrected chi connectivity index (χ0v) is 10.7. The fraction of sp³-hybridized carbons (Fsp3) is 0.143. The van der Waals surface area contributed by atoms with Crippen LogP contribution in [-0.2, 0) is 10.8 Å². The summed E-state index contributed by atoms with van der Waals surface area (Å²) in [6.45, 7) is 0.408. The highest BCUT2D eigenvalue weighted by Crippen LogP contribution is 2.15. The minimum atomic E-state index is -1.12. The molecule has 0 saturated heterocycles. The van der Waals surface area contributed by atoms with Crippen LogP contribution in [0.15, 0.2) is 59.5 Å². The Balaban J connectivity index is 1.88. The van der Waals surface area contributed by atoms with E-state index in [0.717, 1.165) is 5.75 Å². The summed E-state index contributed by atoms with van der Waals surface area (Å²) < 4.78 is 17.5. The molecule has 2 aromatic rings. The van der Waals surface area contributed by atoms with Crippen LogP contribution in [0.2, 0.25) is 0 Å². The number of hydrogen-bond acceptors (Lipinski definition) is 3. The van der Waals surface area contributed by atoms with E-state index in [1.807, 2.05) is 42.5 Å². The van der Waals surface area contributed by atoms with Gasteiger partial charge in [0.05, 0.1) is 21.4 Å². The first-order valence-corrected chi connectivity index (χ1v) is 7.00. The first kappa shape index (κ1) is 12.6. The molecule has 0 aliphatic heterocycles. The smallest absolute Gasteiger partial charge is 0.119 e.